The van der Waals surface area contributed by atoms with Gasteiger partial charge in [-0.25, -0.2) is 9.37 Å². The van der Waals surface area contributed by atoms with Gasteiger partial charge in [0.05, 0.1) is 30.0 Å². The first-order valence-corrected chi connectivity index (χ1v) is 9.92. The van der Waals surface area contributed by atoms with Gasteiger partial charge in [0, 0.05) is 38.2 Å². The van der Waals surface area contributed by atoms with Gasteiger partial charge in [-0.2, -0.15) is 5.26 Å². The van der Waals surface area contributed by atoms with Crippen LogP contribution in [0.1, 0.15) is 5.56 Å². The zero-order valence-corrected chi connectivity index (χ0v) is 17.3. The predicted molar refractivity (Wildman–Crippen MR) is 116 cm³/mol. The van der Waals surface area contributed by atoms with Gasteiger partial charge >= 0.3 is 0 Å². The number of ether oxygens (including phenoxy) is 1. The van der Waals surface area contributed by atoms with Crippen LogP contribution in [0.5, 0.6) is 5.75 Å². The first-order chi connectivity index (χ1) is 15.0. The van der Waals surface area contributed by atoms with Crippen molar-refractivity contribution < 1.29 is 9.13 Å². The Morgan fingerprint density at radius 3 is 2.55 bits per heavy atom. The molecule has 1 aliphatic heterocycles. The van der Waals surface area contributed by atoms with Crippen LogP contribution in [0.15, 0.2) is 47.3 Å². The van der Waals surface area contributed by atoms with Gasteiger partial charge in [0.2, 0.25) is 5.95 Å². The minimum absolute atomic E-state index is 0.0980. The predicted octanol–water partition coefficient (Wildman–Crippen LogP) is 2.76. The first-order valence-electron chi connectivity index (χ1n) is 9.92. The van der Waals surface area contributed by atoms with E-state index >= 15 is 0 Å². The molecule has 0 radical (unpaired) electrons. The molecule has 0 saturated carbocycles. The molecule has 1 aromatic heterocycles. The van der Waals surface area contributed by atoms with Gasteiger partial charge < -0.3 is 15.4 Å². The third-order valence-corrected chi connectivity index (χ3v) is 5.43. The van der Waals surface area contributed by atoms with Gasteiger partial charge in [-0.15, -0.1) is 0 Å². The number of nitrogens with one attached hydrogen (secondary N) is 2. The number of hydrogen-bond acceptors (Lipinski definition) is 6. The Kier molecular flexibility index (Phi) is 5.69. The van der Waals surface area contributed by atoms with Crippen molar-refractivity contribution in [2.75, 3.05) is 32.1 Å². The number of benzene rings is 2. The zero-order valence-electron chi connectivity index (χ0n) is 17.3. The summed E-state index contributed by atoms with van der Waals surface area (Å²) in [5.41, 5.74) is 1.97. The van der Waals surface area contributed by atoms with E-state index in [1.165, 1.54) is 23.8 Å². The molecular weight excluding hydrogens is 397 g/mol. The third-order valence-electron chi connectivity index (χ3n) is 5.43. The van der Waals surface area contributed by atoms with E-state index in [4.69, 9.17) is 15.0 Å². The number of hydrogen-bond donors (Lipinski definition) is 2. The summed E-state index contributed by atoms with van der Waals surface area (Å²) in [6.07, 6.45) is 0. The minimum Gasteiger partial charge on any atom is -0.494 e. The highest BCUT2D eigenvalue weighted by Crippen LogP contribution is 2.31. The summed E-state index contributed by atoms with van der Waals surface area (Å²) in [6, 6.07) is 13.3. The number of anilines is 1. The molecule has 4 rings (SSSR count). The lowest BCUT2D eigenvalue weighted by molar-refractivity contribution is 0.364. The van der Waals surface area contributed by atoms with Crippen molar-refractivity contribution in [2.24, 2.45) is 13.0 Å². The van der Waals surface area contributed by atoms with E-state index < -0.39 is 5.82 Å². The molecule has 0 spiro atoms. The van der Waals surface area contributed by atoms with E-state index in [1.54, 1.807) is 37.4 Å². The number of nitriles is 1. The first kappa shape index (κ1) is 20.6. The van der Waals surface area contributed by atoms with Crippen LogP contribution in [0.4, 0.5) is 10.3 Å². The average molecular weight is 419 g/mol. The average Bonchev–Trinajstić information content (AvgIpc) is 2.75. The van der Waals surface area contributed by atoms with E-state index in [2.05, 4.69) is 16.7 Å². The summed E-state index contributed by atoms with van der Waals surface area (Å²) in [5.74, 6) is 0.452. The minimum atomic E-state index is -0.562. The van der Waals surface area contributed by atoms with Crippen molar-refractivity contribution in [1.82, 2.24) is 14.9 Å². The molecule has 1 fully saturated rings. The van der Waals surface area contributed by atoms with Gasteiger partial charge in [0.1, 0.15) is 0 Å². The highest BCUT2D eigenvalue weighted by molar-refractivity contribution is 5.81. The SMILES string of the molecule is COc1ccc(-c2c(-c3ccc(C#N)cc3)nc(NCC3CNC3)n(C)c2=O)cc1F. The number of halogens is 1. The highest BCUT2D eigenvalue weighted by atomic mass is 19.1. The van der Waals surface area contributed by atoms with E-state index in [1.807, 2.05) is 0 Å². The molecule has 0 bridgehead atoms. The molecular formula is C23H22FN5O2. The maximum absolute atomic E-state index is 14.4. The van der Waals surface area contributed by atoms with Crippen molar-refractivity contribution in [3.63, 3.8) is 0 Å². The molecule has 2 heterocycles. The van der Waals surface area contributed by atoms with Crippen LogP contribution in [0.3, 0.4) is 0 Å². The van der Waals surface area contributed by atoms with E-state index in [0.717, 1.165) is 13.1 Å². The number of rotatable bonds is 6. The van der Waals surface area contributed by atoms with Gasteiger partial charge in [0.25, 0.3) is 5.56 Å². The summed E-state index contributed by atoms with van der Waals surface area (Å²) in [4.78, 5) is 18.1. The monoisotopic (exact) mass is 419 g/mol. The van der Waals surface area contributed by atoms with Crippen molar-refractivity contribution in [3.8, 4) is 34.2 Å². The Hall–Kier alpha value is -3.70. The Morgan fingerprint density at radius 2 is 1.97 bits per heavy atom. The van der Waals surface area contributed by atoms with Crippen LogP contribution in [0.2, 0.25) is 0 Å². The number of aromatic nitrogens is 2. The smallest absolute Gasteiger partial charge is 0.263 e. The fraction of sp³-hybridized carbons (Fsp3) is 0.261. The summed E-state index contributed by atoms with van der Waals surface area (Å²) in [7, 11) is 3.03. The van der Waals surface area contributed by atoms with Crippen molar-refractivity contribution in [1.29, 1.82) is 5.26 Å². The van der Waals surface area contributed by atoms with E-state index in [9.17, 15) is 9.18 Å². The van der Waals surface area contributed by atoms with Gasteiger partial charge in [-0.3, -0.25) is 9.36 Å². The molecule has 1 aliphatic rings. The Morgan fingerprint density at radius 1 is 1.26 bits per heavy atom. The molecule has 1 saturated heterocycles. The Balaban J connectivity index is 1.87. The molecule has 8 heteroatoms. The molecule has 0 atom stereocenters. The number of methoxy groups -OCH3 is 1. The van der Waals surface area contributed by atoms with Crippen molar-refractivity contribution >= 4 is 5.95 Å². The largest absolute Gasteiger partial charge is 0.494 e. The summed E-state index contributed by atoms with van der Waals surface area (Å²) < 4.78 is 20.9. The lowest BCUT2D eigenvalue weighted by Crippen LogP contribution is -2.45. The topological polar surface area (TPSA) is 92.0 Å². The van der Waals surface area contributed by atoms with Crippen LogP contribution in [-0.4, -0.2) is 36.3 Å². The fourth-order valence-electron chi connectivity index (χ4n) is 3.48. The molecule has 0 amide bonds. The molecule has 0 unspecified atom stereocenters. The highest BCUT2D eigenvalue weighted by Gasteiger charge is 2.21. The molecule has 3 aromatic rings. The van der Waals surface area contributed by atoms with Gasteiger partial charge in [-0.1, -0.05) is 18.2 Å². The molecule has 158 valence electrons. The summed E-state index contributed by atoms with van der Waals surface area (Å²) in [6.45, 7) is 2.54. The molecule has 2 aromatic carbocycles. The second-order valence-corrected chi connectivity index (χ2v) is 7.47. The molecule has 0 aliphatic carbocycles. The molecule has 31 heavy (non-hydrogen) atoms. The normalized spacial score (nSPS) is 13.4. The number of nitrogens with zero attached hydrogens (tertiary/aromatic N) is 3. The molecule has 2 N–H and O–H groups in total. The van der Waals surface area contributed by atoms with Gasteiger partial charge in [0.15, 0.2) is 11.6 Å². The lowest BCUT2D eigenvalue weighted by Gasteiger charge is -2.27. The van der Waals surface area contributed by atoms with Crippen molar-refractivity contribution in [3.05, 3.63) is 64.2 Å². The Labute approximate surface area is 179 Å². The summed E-state index contributed by atoms with van der Waals surface area (Å²) in [5, 5.41) is 15.6. The quantitative estimate of drug-likeness (QED) is 0.638. The van der Waals surface area contributed by atoms with E-state index in [-0.39, 0.29) is 16.9 Å². The lowest BCUT2D eigenvalue weighted by atomic mass is 9.99. The van der Waals surface area contributed by atoms with Crippen molar-refractivity contribution in [2.45, 2.75) is 0 Å². The van der Waals surface area contributed by atoms with Crippen LogP contribution in [0.25, 0.3) is 22.4 Å². The van der Waals surface area contributed by atoms with Crippen LogP contribution in [0, 0.1) is 23.1 Å². The van der Waals surface area contributed by atoms with Crippen LogP contribution in [-0.2, 0) is 7.05 Å². The second-order valence-electron chi connectivity index (χ2n) is 7.47. The fourth-order valence-corrected chi connectivity index (χ4v) is 3.48. The second kappa shape index (κ2) is 8.58. The standard InChI is InChI=1S/C23H22FN5O2/c1-29-22(30)20(17-7-8-19(31-2)18(24)9-17)21(16-5-3-14(10-25)4-6-16)28-23(29)27-13-15-11-26-12-15/h3-9,15,26H,11-13H2,1-2H3,(H,27,28). The summed E-state index contributed by atoms with van der Waals surface area (Å²) >= 11 is 0. The maximum Gasteiger partial charge on any atom is 0.263 e. The van der Waals surface area contributed by atoms with E-state index in [0.29, 0.717) is 40.8 Å². The third kappa shape index (κ3) is 4.00. The Bertz CT molecular complexity index is 1210. The maximum atomic E-state index is 14.4. The van der Waals surface area contributed by atoms with Crippen LogP contribution >= 0.6 is 0 Å². The van der Waals surface area contributed by atoms with Crippen LogP contribution < -0.4 is 20.9 Å². The zero-order chi connectivity index (χ0) is 22.0. The molecule has 7 nitrogen and oxygen atoms in total. The van der Waals surface area contributed by atoms with Gasteiger partial charge in [-0.05, 0) is 29.8 Å².